The Hall–Kier alpha value is -3.94. The molecule has 0 radical (unpaired) electrons. The molecule has 3 N–H and O–H groups in total. The van der Waals surface area contributed by atoms with Crippen LogP contribution in [-0.2, 0) is 4.79 Å². The first-order valence-corrected chi connectivity index (χ1v) is 8.56. The van der Waals surface area contributed by atoms with Gasteiger partial charge in [0.25, 0.3) is 11.8 Å². The molecule has 0 atom stereocenters. The lowest BCUT2D eigenvalue weighted by Gasteiger charge is -2.07. The molecule has 28 heavy (non-hydrogen) atoms. The van der Waals surface area contributed by atoms with Gasteiger partial charge in [0.05, 0.1) is 6.26 Å². The number of hydrogen-bond acceptors (Lipinski definition) is 5. The van der Waals surface area contributed by atoms with Crippen LogP contribution in [0.2, 0.25) is 0 Å². The van der Waals surface area contributed by atoms with E-state index in [0.29, 0.717) is 17.1 Å². The molecule has 3 rings (SSSR count). The van der Waals surface area contributed by atoms with Crippen molar-refractivity contribution in [2.24, 2.45) is 0 Å². The van der Waals surface area contributed by atoms with Gasteiger partial charge in [-0.2, -0.15) is 0 Å². The second-order valence-electron chi connectivity index (χ2n) is 5.78. The molecule has 2 heterocycles. The Morgan fingerprint density at radius 1 is 0.893 bits per heavy atom. The summed E-state index contributed by atoms with van der Waals surface area (Å²) in [5, 5.41) is 7.99. The molecule has 3 amide bonds. The van der Waals surface area contributed by atoms with Crippen LogP contribution >= 0.6 is 0 Å². The Morgan fingerprint density at radius 3 is 2.39 bits per heavy atom. The van der Waals surface area contributed by atoms with Crippen molar-refractivity contribution in [3.63, 3.8) is 0 Å². The van der Waals surface area contributed by atoms with Crippen LogP contribution < -0.4 is 16.0 Å². The molecule has 0 aliphatic carbocycles. The summed E-state index contributed by atoms with van der Waals surface area (Å²) in [6.07, 6.45) is 3.12. The second-order valence-corrected chi connectivity index (χ2v) is 5.78. The molecule has 1 aromatic carbocycles. The zero-order valence-corrected chi connectivity index (χ0v) is 14.8. The number of carbonyl (C=O) groups is 3. The van der Waals surface area contributed by atoms with Gasteiger partial charge in [-0.1, -0.05) is 6.07 Å². The second kappa shape index (κ2) is 9.13. The van der Waals surface area contributed by atoms with Crippen molar-refractivity contribution in [3.8, 4) is 0 Å². The van der Waals surface area contributed by atoms with E-state index in [1.807, 2.05) is 0 Å². The lowest BCUT2D eigenvalue weighted by Crippen LogP contribution is -2.27. The zero-order valence-electron chi connectivity index (χ0n) is 14.8. The average molecular weight is 378 g/mol. The number of pyridine rings is 1. The number of rotatable bonds is 7. The van der Waals surface area contributed by atoms with Crippen LogP contribution in [0.15, 0.2) is 71.5 Å². The first-order chi connectivity index (χ1) is 13.6. The van der Waals surface area contributed by atoms with E-state index in [-0.39, 0.29) is 36.4 Å². The summed E-state index contributed by atoms with van der Waals surface area (Å²) in [6.45, 7) is 0.189. The minimum atomic E-state index is -0.374. The summed E-state index contributed by atoms with van der Waals surface area (Å²) >= 11 is 0. The standard InChI is InChI=1S/C20H18N4O4/c25-18(24-17-5-1-2-11-21-17)10-12-22-19(26)14-6-8-15(9-7-14)23-20(27)16-4-3-13-28-16/h1-9,11,13H,10,12H2,(H,22,26)(H,23,27)(H,21,24,25). The highest BCUT2D eigenvalue weighted by atomic mass is 16.3. The minimum Gasteiger partial charge on any atom is -0.459 e. The average Bonchev–Trinajstić information content (AvgIpc) is 3.24. The number of amides is 3. The molecule has 0 aliphatic heterocycles. The van der Waals surface area contributed by atoms with Crippen molar-refractivity contribution in [2.75, 3.05) is 17.2 Å². The number of aromatic nitrogens is 1. The third-order valence-corrected chi connectivity index (χ3v) is 3.72. The van der Waals surface area contributed by atoms with Crippen molar-refractivity contribution in [3.05, 3.63) is 78.4 Å². The Balaban J connectivity index is 1.44. The first kappa shape index (κ1) is 18.8. The Bertz CT molecular complexity index is 938. The van der Waals surface area contributed by atoms with E-state index in [2.05, 4.69) is 20.9 Å². The summed E-state index contributed by atoms with van der Waals surface area (Å²) in [7, 11) is 0. The van der Waals surface area contributed by atoms with E-state index < -0.39 is 0 Å². The zero-order chi connectivity index (χ0) is 19.8. The largest absolute Gasteiger partial charge is 0.459 e. The molecule has 0 bridgehead atoms. The fraction of sp³-hybridized carbons (Fsp3) is 0.100. The summed E-state index contributed by atoms with van der Waals surface area (Å²) in [4.78, 5) is 39.9. The normalized spacial score (nSPS) is 10.1. The highest BCUT2D eigenvalue weighted by molar-refractivity contribution is 6.02. The smallest absolute Gasteiger partial charge is 0.291 e. The minimum absolute atomic E-state index is 0.125. The molecule has 0 saturated heterocycles. The van der Waals surface area contributed by atoms with Crippen molar-refractivity contribution in [2.45, 2.75) is 6.42 Å². The van der Waals surface area contributed by atoms with E-state index in [0.717, 1.165) is 0 Å². The predicted octanol–water partition coefficient (Wildman–Crippen LogP) is 2.69. The van der Waals surface area contributed by atoms with Crippen LogP contribution in [-0.4, -0.2) is 29.3 Å². The number of carbonyl (C=O) groups excluding carboxylic acids is 3. The fourth-order valence-corrected chi connectivity index (χ4v) is 2.34. The Morgan fingerprint density at radius 2 is 1.71 bits per heavy atom. The summed E-state index contributed by atoms with van der Waals surface area (Å²) in [5.74, 6) is -0.262. The van der Waals surface area contributed by atoms with Crippen LogP contribution in [0.1, 0.15) is 27.3 Å². The number of anilines is 2. The fourth-order valence-electron chi connectivity index (χ4n) is 2.34. The van der Waals surface area contributed by atoms with Crippen LogP contribution in [0.3, 0.4) is 0 Å². The SMILES string of the molecule is O=C(CCNC(=O)c1ccc(NC(=O)c2ccco2)cc1)Nc1ccccn1. The quantitative estimate of drug-likeness (QED) is 0.585. The first-order valence-electron chi connectivity index (χ1n) is 8.56. The van der Waals surface area contributed by atoms with Gasteiger partial charge in [0.15, 0.2) is 5.76 Å². The highest BCUT2D eigenvalue weighted by Crippen LogP contribution is 2.12. The van der Waals surface area contributed by atoms with Crippen molar-refractivity contribution >= 4 is 29.2 Å². The summed E-state index contributed by atoms with van der Waals surface area (Å²) in [6, 6.07) is 14.8. The molecule has 8 nitrogen and oxygen atoms in total. The Kier molecular flexibility index (Phi) is 6.14. The van der Waals surface area contributed by atoms with Gasteiger partial charge in [-0.05, 0) is 48.5 Å². The molecule has 2 aromatic heterocycles. The molecule has 0 unspecified atom stereocenters. The van der Waals surface area contributed by atoms with E-state index >= 15 is 0 Å². The third kappa shape index (κ3) is 5.28. The molecule has 0 spiro atoms. The molecule has 8 heteroatoms. The topological polar surface area (TPSA) is 113 Å². The molecular weight excluding hydrogens is 360 g/mol. The van der Waals surface area contributed by atoms with Gasteiger partial charge in [-0.25, -0.2) is 4.98 Å². The molecule has 0 saturated carbocycles. The van der Waals surface area contributed by atoms with Crippen LogP contribution in [0.4, 0.5) is 11.5 Å². The van der Waals surface area contributed by atoms with E-state index in [1.165, 1.54) is 6.26 Å². The van der Waals surface area contributed by atoms with E-state index in [9.17, 15) is 14.4 Å². The predicted molar refractivity (Wildman–Crippen MR) is 103 cm³/mol. The van der Waals surface area contributed by atoms with Gasteiger partial charge in [-0.3, -0.25) is 14.4 Å². The number of hydrogen-bond donors (Lipinski definition) is 3. The van der Waals surface area contributed by atoms with Gasteiger partial charge in [0.2, 0.25) is 5.91 Å². The highest BCUT2D eigenvalue weighted by Gasteiger charge is 2.10. The molecule has 3 aromatic rings. The summed E-state index contributed by atoms with van der Waals surface area (Å²) < 4.78 is 5.02. The van der Waals surface area contributed by atoms with Crippen LogP contribution in [0.25, 0.3) is 0 Å². The molecule has 142 valence electrons. The summed E-state index contributed by atoms with van der Waals surface area (Å²) in [5.41, 5.74) is 0.953. The number of benzene rings is 1. The van der Waals surface area contributed by atoms with Crippen LogP contribution in [0.5, 0.6) is 0 Å². The maximum atomic E-state index is 12.1. The third-order valence-electron chi connectivity index (χ3n) is 3.72. The maximum absolute atomic E-state index is 12.1. The molecular formula is C20H18N4O4. The van der Waals surface area contributed by atoms with Gasteiger partial charge in [0, 0.05) is 30.4 Å². The van der Waals surface area contributed by atoms with Gasteiger partial charge in [0.1, 0.15) is 5.82 Å². The van der Waals surface area contributed by atoms with E-state index in [1.54, 1.807) is 60.8 Å². The van der Waals surface area contributed by atoms with Gasteiger partial charge < -0.3 is 20.4 Å². The van der Waals surface area contributed by atoms with Gasteiger partial charge in [-0.15, -0.1) is 0 Å². The lowest BCUT2D eigenvalue weighted by molar-refractivity contribution is -0.116. The van der Waals surface area contributed by atoms with Crippen LogP contribution in [0, 0.1) is 0 Å². The van der Waals surface area contributed by atoms with Crippen molar-refractivity contribution < 1.29 is 18.8 Å². The van der Waals surface area contributed by atoms with Crippen molar-refractivity contribution in [1.29, 1.82) is 0 Å². The number of nitrogens with zero attached hydrogens (tertiary/aromatic N) is 1. The molecule has 0 aliphatic rings. The van der Waals surface area contributed by atoms with Gasteiger partial charge >= 0.3 is 0 Å². The van der Waals surface area contributed by atoms with E-state index in [4.69, 9.17) is 4.42 Å². The number of nitrogens with one attached hydrogen (secondary N) is 3. The Labute approximate surface area is 161 Å². The number of furan rings is 1. The molecule has 0 fully saturated rings. The van der Waals surface area contributed by atoms with Crippen molar-refractivity contribution in [1.82, 2.24) is 10.3 Å². The maximum Gasteiger partial charge on any atom is 0.291 e. The lowest BCUT2D eigenvalue weighted by atomic mass is 10.2. The monoisotopic (exact) mass is 378 g/mol.